The van der Waals surface area contributed by atoms with Gasteiger partial charge in [0, 0.05) is 30.3 Å². The zero-order valence-electron chi connectivity index (χ0n) is 20.9. The highest BCUT2D eigenvalue weighted by Crippen LogP contribution is 2.50. The van der Waals surface area contributed by atoms with Crippen molar-refractivity contribution in [3.05, 3.63) is 44.5 Å². The molecule has 10 nitrogen and oxygen atoms in total. The summed E-state index contributed by atoms with van der Waals surface area (Å²) in [4.78, 5) is 26.8. The zero-order chi connectivity index (χ0) is 25.6. The Balaban J connectivity index is 2.44. The van der Waals surface area contributed by atoms with Crippen LogP contribution < -0.4 is 11.2 Å². The third kappa shape index (κ3) is 7.98. The fraction of sp³-hybridized carbons (Fsp3) is 0.682. The van der Waals surface area contributed by atoms with Crippen LogP contribution in [-0.2, 0) is 18.3 Å². The van der Waals surface area contributed by atoms with Crippen LogP contribution in [0.15, 0.2) is 27.7 Å². The van der Waals surface area contributed by atoms with E-state index in [1.807, 2.05) is 27.7 Å². The van der Waals surface area contributed by atoms with Gasteiger partial charge in [0.2, 0.25) is 0 Å². The molecule has 4 atom stereocenters. The monoisotopic (exact) mass is 514 g/mol. The number of H-pyrrole nitrogens is 1. The number of aromatic nitrogens is 2. The fourth-order valence-corrected chi connectivity index (χ4v) is 5.95. The highest BCUT2D eigenvalue weighted by molar-refractivity contribution is 7.65. The molecule has 0 saturated carbocycles. The second kappa shape index (κ2) is 12.4. The molecule has 1 aliphatic heterocycles. The molecule has 1 saturated heterocycles. The first-order valence-corrected chi connectivity index (χ1v) is 15.1. The van der Waals surface area contributed by atoms with Crippen molar-refractivity contribution in [2.24, 2.45) is 0 Å². The quantitative estimate of drug-likeness (QED) is 0.348. The first-order chi connectivity index (χ1) is 15.8. The molecule has 0 aliphatic carbocycles. The number of aromatic amines is 1. The maximum Gasteiger partial charge on any atom is 0.330 e. The van der Waals surface area contributed by atoms with E-state index in [-0.39, 0.29) is 25.1 Å². The number of ether oxygens (including phenoxy) is 1. The highest BCUT2D eigenvalue weighted by Gasteiger charge is 2.41. The van der Waals surface area contributed by atoms with E-state index in [1.165, 1.54) is 10.8 Å². The molecule has 0 radical (unpaired) electrons. The Morgan fingerprint density at radius 1 is 1.35 bits per heavy atom. The van der Waals surface area contributed by atoms with Gasteiger partial charge in [-0.15, -0.1) is 0 Å². The third-order valence-corrected chi connectivity index (χ3v) is 8.11. The number of aryl methyl sites for hydroxylation is 1. The molecule has 2 rings (SSSR count). The summed E-state index contributed by atoms with van der Waals surface area (Å²) < 4.78 is 34.3. The van der Waals surface area contributed by atoms with Crippen LogP contribution in [0, 0.1) is 18.3 Å². The molecule has 34 heavy (non-hydrogen) atoms. The van der Waals surface area contributed by atoms with E-state index in [9.17, 15) is 14.2 Å². The van der Waals surface area contributed by atoms with Crippen LogP contribution in [-0.4, -0.2) is 58.4 Å². The van der Waals surface area contributed by atoms with Crippen molar-refractivity contribution in [1.82, 2.24) is 14.2 Å². The van der Waals surface area contributed by atoms with Crippen LogP contribution in [0.5, 0.6) is 0 Å². The van der Waals surface area contributed by atoms with Crippen LogP contribution in [0.3, 0.4) is 0 Å². The Labute approximate surface area is 202 Å². The van der Waals surface area contributed by atoms with E-state index in [0.717, 1.165) is 0 Å². The number of rotatable bonds is 11. The van der Waals surface area contributed by atoms with Gasteiger partial charge in [0.25, 0.3) is 14.1 Å². The molecular weight excluding hydrogens is 478 g/mol. The molecular formula is C22H36N4O6P2. The lowest BCUT2D eigenvalue weighted by atomic mass is 10.2. The van der Waals surface area contributed by atoms with E-state index < -0.39 is 45.4 Å². The molecule has 0 aromatic carbocycles. The van der Waals surface area contributed by atoms with Crippen molar-refractivity contribution in [3.8, 4) is 6.07 Å². The third-order valence-electron chi connectivity index (χ3n) is 5.06. The molecule has 1 aliphatic rings. The maximum absolute atomic E-state index is 12.6. The molecule has 2 heterocycles. The number of nitrogens with zero attached hydrogens (tertiary/aromatic N) is 3. The predicted octanol–water partition coefficient (Wildman–Crippen LogP) is 3.93. The minimum Gasteiger partial charge on any atom is -0.348 e. The number of nitriles is 1. The van der Waals surface area contributed by atoms with E-state index in [1.54, 1.807) is 32.1 Å². The Morgan fingerprint density at radius 3 is 2.56 bits per heavy atom. The number of hydrogen-bond donors (Lipinski definition) is 1. The molecule has 12 heteroatoms. The van der Waals surface area contributed by atoms with Gasteiger partial charge < -0.3 is 18.3 Å². The molecule has 0 bridgehead atoms. The first-order valence-electron chi connectivity index (χ1n) is 11.3. The summed E-state index contributed by atoms with van der Waals surface area (Å²) in [6, 6.07) is 2.29. The van der Waals surface area contributed by atoms with Crippen molar-refractivity contribution in [1.29, 1.82) is 5.26 Å². The largest absolute Gasteiger partial charge is 0.348 e. The second-order valence-corrected chi connectivity index (χ2v) is 13.8. The summed E-state index contributed by atoms with van der Waals surface area (Å²) >= 11 is 0. The standard InChI is InChI=1S/C22H36N4O6P2/c1-15(2)26(16(3)4)33(30-11-8-10-23)32-19-13-18(9-12-34(6,7)29)31-21(19)25-14-17(5)20(27)24-22(25)28/h9,12,14-16,18-19,21H,8,11,13H2,1-7H3,(H,24,27,28)/b12-9+/t18-,19?,21-,33?/m1/s1. The summed E-state index contributed by atoms with van der Waals surface area (Å²) in [5.41, 5.74) is -0.695. The van der Waals surface area contributed by atoms with Crippen molar-refractivity contribution < 1.29 is 18.3 Å². The topological polar surface area (TPSA) is 127 Å². The molecule has 1 fully saturated rings. The SMILES string of the molecule is Cc1cn([C@@H]2O[C@H](/C=C/P(C)(C)=O)CC2OP(OCCC#N)N(C(C)C)C(C)C)c(=O)[nH]c1=O. The van der Waals surface area contributed by atoms with Gasteiger partial charge >= 0.3 is 5.69 Å². The Bertz CT molecular complexity index is 1050. The summed E-state index contributed by atoms with van der Waals surface area (Å²) in [7, 11) is -4.00. The van der Waals surface area contributed by atoms with Gasteiger partial charge in [-0.05, 0) is 53.8 Å². The van der Waals surface area contributed by atoms with Gasteiger partial charge in [0.05, 0.1) is 25.2 Å². The van der Waals surface area contributed by atoms with Crippen molar-refractivity contribution in [2.75, 3.05) is 19.9 Å². The predicted molar refractivity (Wildman–Crippen MR) is 133 cm³/mol. The summed E-state index contributed by atoms with van der Waals surface area (Å²) in [5.74, 6) is 1.64. The molecule has 0 spiro atoms. The zero-order valence-corrected chi connectivity index (χ0v) is 22.7. The average Bonchev–Trinajstić information content (AvgIpc) is 3.10. The fourth-order valence-electron chi connectivity index (χ4n) is 3.62. The molecule has 1 aromatic heterocycles. The Hall–Kier alpha value is -1.59. The molecule has 1 N–H and O–H groups in total. The summed E-state index contributed by atoms with van der Waals surface area (Å²) in [6.07, 6.45) is 1.97. The van der Waals surface area contributed by atoms with Gasteiger partial charge in [0.1, 0.15) is 13.2 Å². The van der Waals surface area contributed by atoms with Crippen LogP contribution in [0.25, 0.3) is 0 Å². The lowest BCUT2D eigenvalue weighted by Crippen LogP contribution is -2.38. The minimum atomic E-state index is -2.42. The lowest BCUT2D eigenvalue weighted by Gasteiger charge is -2.37. The summed E-state index contributed by atoms with van der Waals surface area (Å²) in [5, 5.41) is 8.95. The van der Waals surface area contributed by atoms with E-state index in [4.69, 9.17) is 19.0 Å². The van der Waals surface area contributed by atoms with Gasteiger partial charge in [-0.2, -0.15) is 5.26 Å². The first kappa shape index (κ1) is 28.6. The van der Waals surface area contributed by atoms with Crippen molar-refractivity contribution in [2.45, 2.75) is 78.0 Å². The number of hydrogen-bond acceptors (Lipinski definition) is 8. The highest BCUT2D eigenvalue weighted by atomic mass is 31.2. The van der Waals surface area contributed by atoms with Crippen LogP contribution in [0.1, 0.15) is 52.3 Å². The molecule has 1 aromatic rings. The van der Waals surface area contributed by atoms with Gasteiger partial charge in [-0.1, -0.05) is 6.08 Å². The smallest absolute Gasteiger partial charge is 0.330 e. The Kier molecular flexibility index (Phi) is 10.4. The second-order valence-electron chi connectivity index (χ2n) is 9.25. The van der Waals surface area contributed by atoms with E-state index >= 15 is 0 Å². The van der Waals surface area contributed by atoms with Crippen LogP contribution in [0.4, 0.5) is 0 Å². The summed E-state index contributed by atoms with van der Waals surface area (Å²) in [6.45, 7) is 13.3. The lowest BCUT2D eigenvalue weighted by molar-refractivity contribution is -0.0246. The normalized spacial score (nSPS) is 22.2. The van der Waals surface area contributed by atoms with E-state index in [0.29, 0.717) is 12.0 Å². The van der Waals surface area contributed by atoms with Crippen molar-refractivity contribution in [3.63, 3.8) is 0 Å². The van der Waals surface area contributed by atoms with Crippen molar-refractivity contribution >= 4 is 15.7 Å². The van der Waals surface area contributed by atoms with Crippen LogP contribution >= 0.6 is 15.7 Å². The van der Waals surface area contributed by atoms with Crippen LogP contribution in [0.2, 0.25) is 0 Å². The molecule has 0 amide bonds. The minimum absolute atomic E-state index is 0.105. The van der Waals surface area contributed by atoms with Gasteiger partial charge in [0.15, 0.2) is 6.23 Å². The Morgan fingerprint density at radius 2 is 2.00 bits per heavy atom. The van der Waals surface area contributed by atoms with Gasteiger partial charge in [-0.3, -0.25) is 14.3 Å². The molecule has 190 valence electrons. The molecule has 2 unspecified atom stereocenters. The van der Waals surface area contributed by atoms with Gasteiger partial charge in [-0.25, -0.2) is 9.46 Å². The van der Waals surface area contributed by atoms with E-state index in [2.05, 4.69) is 15.7 Å². The number of nitrogens with one attached hydrogen (secondary N) is 1. The maximum atomic E-state index is 12.6. The average molecular weight is 515 g/mol.